The van der Waals surface area contributed by atoms with E-state index >= 15 is 0 Å². The van der Waals surface area contributed by atoms with Gasteiger partial charge in [0.15, 0.2) is 5.82 Å². The second-order valence-corrected chi connectivity index (χ2v) is 5.73. The zero-order valence-electron chi connectivity index (χ0n) is 14.3. The van der Waals surface area contributed by atoms with Crippen molar-refractivity contribution in [3.8, 4) is 5.75 Å². The van der Waals surface area contributed by atoms with E-state index in [-0.39, 0.29) is 6.10 Å². The van der Waals surface area contributed by atoms with Crippen LogP contribution in [0.3, 0.4) is 0 Å². The predicted octanol–water partition coefficient (Wildman–Crippen LogP) is 3.64. The minimum atomic E-state index is 0.168. The largest absolute Gasteiger partial charge is 0.491 e. The molecule has 0 fully saturated rings. The summed E-state index contributed by atoms with van der Waals surface area (Å²) < 4.78 is 5.64. The van der Waals surface area contributed by atoms with Crippen molar-refractivity contribution in [2.45, 2.75) is 39.7 Å². The van der Waals surface area contributed by atoms with Gasteiger partial charge in [0.05, 0.1) is 12.3 Å². The Morgan fingerprint density at radius 2 is 1.96 bits per heavy atom. The summed E-state index contributed by atoms with van der Waals surface area (Å²) >= 11 is 0. The molecule has 0 radical (unpaired) electrons. The molecule has 0 amide bonds. The fraction of sp³-hybridized carbons (Fsp3) is 0.471. The van der Waals surface area contributed by atoms with Crippen LogP contribution >= 0.6 is 0 Å². The van der Waals surface area contributed by atoms with E-state index < -0.39 is 0 Å². The molecular formula is C17H25N5O. The quantitative estimate of drug-likeness (QED) is 0.802. The highest BCUT2D eigenvalue weighted by atomic mass is 16.5. The molecule has 0 atom stereocenters. The summed E-state index contributed by atoms with van der Waals surface area (Å²) in [5.74, 6) is 2.16. The Hall–Kier alpha value is -2.37. The maximum atomic E-state index is 5.64. The lowest BCUT2D eigenvalue weighted by molar-refractivity contribution is 0.242. The molecule has 6 nitrogen and oxygen atoms in total. The Balaban J connectivity index is 2.02. The lowest BCUT2D eigenvalue weighted by atomic mass is 10.3. The van der Waals surface area contributed by atoms with Gasteiger partial charge in [0.1, 0.15) is 5.75 Å². The van der Waals surface area contributed by atoms with Crippen molar-refractivity contribution >= 4 is 17.5 Å². The van der Waals surface area contributed by atoms with Crippen LogP contribution in [0.1, 0.15) is 33.6 Å². The van der Waals surface area contributed by atoms with Crippen LogP contribution in [0, 0.1) is 0 Å². The average Bonchev–Trinajstić information content (AvgIpc) is 2.54. The molecule has 0 aliphatic carbocycles. The molecule has 0 bridgehead atoms. The Kier molecular flexibility index (Phi) is 6.14. The lowest BCUT2D eigenvalue weighted by Gasteiger charge is -2.16. The summed E-state index contributed by atoms with van der Waals surface area (Å²) in [7, 11) is 1.98. The normalized spacial score (nSPS) is 10.7. The van der Waals surface area contributed by atoms with E-state index in [2.05, 4.69) is 27.4 Å². The topological polar surface area (TPSA) is 63.2 Å². The highest BCUT2D eigenvalue weighted by Gasteiger charge is 2.06. The Labute approximate surface area is 137 Å². The number of hydrogen-bond acceptors (Lipinski definition) is 6. The second-order valence-electron chi connectivity index (χ2n) is 5.73. The summed E-state index contributed by atoms with van der Waals surface area (Å²) in [6.07, 6.45) is 4.03. The van der Waals surface area contributed by atoms with Crippen molar-refractivity contribution in [3.05, 3.63) is 30.5 Å². The molecule has 1 aromatic carbocycles. The number of hydrogen-bond donors (Lipinski definition) is 1. The van der Waals surface area contributed by atoms with Gasteiger partial charge in [-0.1, -0.05) is 13.3 Å². The van der Waals surface area contributed by atoms with E-state index in [0.717, 1.165) is 30.8 Å². The highest BCUT2D eigenvalue weighted by molar-refractivity contribution is 5.57. The van der Waals surface area contributed by atoms with Gasteiger partial charge >= 0.3 is 0 Å². The molecule has 0 aliphatic heterocycles. The molecule has 1 aromatic heterocycles. The molecule has 1 heterocycles. The Bertz CT molecular complexity index is 600. The smallest absolute Gasteiger partial charge is 0.247 e. The molecular weight excluding hydrogens is 290 g/mol. The summed E-state index contributed by atoms with van der Waals surface area (Å²) in [5.41, 5.74) is 0.934. The first kappa shape index (κ1) is 17.0. The molecule has 1 N–H and O–H groups in total. The number of rotatable bonds is 8. The molecule has 23 heavy (non-hydrogen) atoms. The first-order valence-corrected chi connectivity index (χ1v) is 8.03. The molecule has 124 valence electrons. The van der Waals surface area contributed by atoms with E-state index in [1.807, 2.05) is 50.1 Å². The van der Waals surface area contributed by atoms with Gasteiger partial charge < -0.3 is 15.0 Å². The first-order valence-electron chi connectivity index (χ1n) is 8.03. The number of benzene rings is 1. The molecule has 2 rings (SSSR count). The summed E-state index contributed by atoms with van der Waals surface area (Å²) in [4.78, 5) is 6.52. The van der Waals surface area contributed by atoms with E-state index in [0.29, 0.717) is 11.8 Å². The molecule has 0 unspecified atom stereocenters. The SMILES string of the molecule is CCCCN(C)c1nncc(Nc2ccc(OC(C)C)cc2)n1. The minimum Gasteiger partial charge on any atom is -0.491 e. The van der Waals surface area contributed by atoms with Gasteiger partial charge in [-0.15, -0.1) is 5.10 Å². The fourth-order valence-corrected chi connectivity index (χ4v) is 2.05. The monoisotopic (exact) mass is 315 g/mol. The summed E-state index contributed by atoms with van der Waals surface area (Å²) in [5, 5.41) is 11.4. The minimum absolute atomic E-state index is 0.168. The lowest BCUT2D eigenvalue weighted by Crippen LogP contribution is -2.21. The number of unbranched alkanes of at least 4 members (excludes halogenated alkanes) is 1. The van der Waals surface area contributed by atoms with Crippen LogP contribution in [-0.4, -0.2) is 34.9 Å². The van der Waals surface area contributed by atoms with E-state index in [1.54, 1.807) is 6.20 Å². The summed E-state index contributed by atoms with van der Waals surface area (Å²) in [6, 6.07) is 7.79. The van der Waals surface area contributed by atoms with Crippen LogP contribution in [0.5, 0.6) is 5.75 Å². The Morgan fingerprint density at radius 3 is 2.61 bits per heavy atom. The third kappa shape index (κ3) is 5.39. The maximum absolute atomic E-state index is 5.64. The number of anilines is 3. The van der Waals surface area contributed by atoms with Crippen LogP contribution in [0.4, 0.5) is 17.5 Å². The zero-order valence-corrected chi connectivity index (χ0v) is 14.3. The van der Waals surface area contributed by atoms with E-state index in [9.17, 15) is 0 Å². The predicted molar refractivity (Wildman–Crippen MR) is 93.5 cm³/mol. The van der Waals surface area contributed by atoms with Crippen molar-refractivity contribution < 1.29 is 4.74 Å². The number of nitrogens with one attached hydrogen (secondary N) is 1. The van der Waals surface area contributed by atoms with Crippen LogP contribution in [-0.2, 0) is 0 Å². The Morgan fingerprint density at radius 1 is 1.22 bits per heavy atom. The molecule has 2 aromatic rings. The van der Waals surface area contributed by atoms with Gasteiger partial charge in [-0.3, -0.25) is 0 Å². The van der Waals surface area contributed by atoms with Crippen molar-refractivity contribution in [2.24, 2.45) is 0 Å². The second kappa shape index (κ2) is 8.31. The van der Waals surface area contributed by atoms with E-state index in [4.69, 9.17) is 4.74 Å². The van der Waals surface area contributed by atoms with Crippen LogP contribution in [0.25, 0.3) is 0 Å². The van der Waals surface area contributed by atoms with Crippen molar-refractivity contribution in [3.63, 3.8) is 0 Å². The molecule has 0 aliphatic rings. The number of aromatic nitrogens is 3. The third-order valence-electron chi connectivity index (χ3n) is 3.23. The van der Waals surface area contributed by atoms with Gasteiger partial charge in [0, 0.05) is 19.3 Å². The van der Waals surface area contributed by atoms with Crippen LogP contribution < -0.4 is 15.0 Å². The maximum Gasteiger partial charge on any atom is 0.247 e. The molecule has 0 spiro atoms. The van der Waals surface area contributed by atoms with Gasteiger partial charge in [0.25, 0.3) is 0 Å². The van der Waals surface area contributed by atoms with Crippen molar-refractivity contribution in [2.75, 3.05) is 23.8 Å². The van der Waals surface area contributed by atoms with Gasteiger partial charge in [-0.2, -0.15) is 10.1 Å². The fourth-order valence-electron chi connectivity index (χ4n) is 2.05. The van der Waals surface area contributed by atoms with Gasteiger partial charge in [-0.05, 0) is 44.5 Å². The molecule has 0 saturated carbocycles. The van der Waals surface area contributed by atoms with Crippen molar-refractivity contribution in [1.29, 1.82) is 0 Å². The van der Waals surface area contributed by atoms with Gasteiger partial charge in [-0.25, -0.2) is 0 Å². The van der Waals surface area contributed by atoms with Crippen LogP contribution in [0.2, 0.25) is 0 Å². The number of nitrogens with zero attached hydrogens (tertiary/aromatic N) is 4. The first-order chi connectivity index (χ1) is 11.1. The van der Waals surface area contributed by atoms with E-state index in [1.165, 1.54) is 0 Å². The highest BCUT2D eigenvalue weighted by Crippen LogP contribution is 2.20. The zero-order chi connectivity index (χ0) is 16.7. The van der Waals surface area contributed by atoms with Crippen LogP contribution in [0.15, 0.2) is 30.5 Å². The van der Waals surface area contributed by atoms with Gasteiger partial charge in [0.2, 0.25) is 5.95 Å². The summed E-state index contributed by atoms with van der Waals surface area (Å²) in [6.45, 7) is 7.10. The van der Waals surface area contributed by atoms with Crippen molar-refractivity contribution in [1.82, 2.24) is 15.2 Å². The number of ether oxygens (including phenoxy) is 1. The average molecular weight is 315 g/mol. The standard InChI is InChI=1S/C17H25N5O/c1-5-6-11-22(4)17-20-16(12-18-21-17)19-14-7-9-15(10-8-14)23-13(2)3/h7-10,12-13H,5-6,11H2,1-4H3,(H,19,20,21). The molecule has 0 saturated heterocycles. The third-order valence-corrected chi connectivity index (χ3v) is 3.23. The molecule has 6 heteroatoms.